The van der Waals surface area contributed by atoms with Crippen LogP contribution < -0.4 is 5.32 Å². The fourth-order valence-corrected chi connectivity index (χ4v) is 3.16. The molecule has 0 aliphatic heterocycles. The molecule has 0 atom stereocenters. The van der Waals surface area contributed by atoms with Crippen LogP contribution in [0.4, 0.5) is 5.69 Å². The van der Waals surface area contributed by atoms with Gasteiger partial charge < -0.3 is 5.32 Å². The molecule has 0 fully saturated rings. The molecule has 2 aromatic rings. The molecule has 0 aliphatic rings. The summed E-state index contributed by atoms with van der Waals surface area (Å²) in [6.07, 6.45) is 4.39. The Hall–Kier alpha value is -1.96. The third-order valence-electron chi connectivity index (χ3n) is 3.59. The van der Waals surface area contributed by atoms with Crippen LogP contribution in [0.15, 0.2) is 42.7 Å². The maximum Gasteiger partial charge on any atom is 0.225 e. The number of halogens is 1. The minimum absolute atomic E-state index is 0.0405. The minimum atomic E-state index is -3.44. The smallest absolute Gasteiger partial charge is 0.225 e. The van der Waals surface area contributed by atoms with Gasteiger partial charge in [-0.15, -0.1) is 0 Å². The van der Waals surface area contributed by atoms with Gasteiger partial charge in [0.15, 0.2) is 0 Å². The second-order valence-electron chi connectivity index (χ2n) is 5.72. The molecule has 1 aromatic heterocycles. The van der Waals surface area contributed by atoms with Crippen LogP contribution in [-0.4, -0.2) is 36.4 Å². The van der Waals surface area contributed by atoms with Gasteiger partial charge in [-0.3, -0.25) is 9.78 Å². The van der Waals surface area contributed by atoms with Gasteiger partial charge in [0.1, 0.15) is 0 Å². The summed E-state index contributed by atoms with van der Waals surface area (Å²) >= 11 is 6.03. The molecule has 0 aliphatic carbocycles. The van der Waals surface area contributed by atoms with Crippen molar-refractivity contribution in [2.24, 2.45) is 0 Å². The molecule has 2 rings (SSSR count). The molecule has 25 heavy (non-hydrogen) atoms. The molecule has 0 radical (unpaired) electrons. The van der Waals surface area contributed by atoms with Gasteiger partial charge in [0.25, 0.3) is 0 Å². The Kier molecular flexibility index (Phi) is 6.52. The average Bonchev–Trinajstić information content (AvgIpc) is 2.55. The SMILES string of the molecule is Cc1ccc(NC(=O)CCN(Cc2cccnc2)S(C)(=O)=O)cc1Cl. The second-order valence-corrected chi connectivity index (χ2v) is 8.11. The largest absolute Gasteiger partial charge is 0.326 e. The van der Waals surface area contributed by atoms with E-state index in [0.717, 1.165) is 17.4 Å². The fourth-order valence-electron chi connectivity index (χ4n) is 2.18. The Labute approximate surface area is 152 Å². The first-order valence-corrected chi connectivity index (χ1v) is 9.88. The molecule has 8 heteroatoms. The number of pyridine rings is 1. The molecule has 0 saturated heterocycles. The van der Waals surface area contributed by atoms with Crippen molar-refractivity contribution in [3.05, 3.63) is 58.9 Å². The van der Waals surface area contributed by atoms with Gasteiger partial charge in [-0.2, -0.15) is 4.31 Å². The summed E-state index contributed by atoms with van der Waals surface area (Å²) in [5, 5.41) is 3.29. The summed E-state index contributed by atoms with van der Waals surface area (Å²) < 4.78 is 25.1. The summed E-state index contributed by atoms with van der Waals surface area (Å²) in [4.78, 5) is 16.1. The molecule has 1 heterocycles. The standard InChI is InChI=1S/C17H20ClN3O3S/c1-13-5-6-15(10-16(13)18)20-17(22)7-9-21(25(2,23)24)12-14-4-3-8-19-11-14/h3-6,8,10-11H,7,9,12H2,1-2H3,(H,20,22). The molecular formula is C17H20ClN3O3S. The lowest BCUT2D eigenvalue weighted by Crippen LogP contribution is -2.32. The normalized spacial score (nSPS) is 11.5. The quantitative estimate of drug-likeness (QED) is 0.799. The maximum atomic E-state index is 12.1. The highest BCUT2D eigenvalue weighted by molar-refractivity contribution is 7.88. The summed E-state index contributed by atoms with van der Waals surface area (Å²) in [7, 11) is -3.44. The van der Waals surface area contributed by atoms with Crippen molar-refractivity contribution < 1.29 is 13.2 Å². The molecule has 134 valence electrons. The number of nitrogens with one attached hydrogen (secondary N) is 1. The Balaban J connectivity index is 1.97. The number of sulfonamides is 1. The number of hydrogen-bond acceptors (Lipinski definition) is 4. The molecule has 0 saturated carbocycles. The Morgan fingerprint density at radius 3 is 2.68 bits per heavy atom. The molecule has 1 amide bonds. The van der Waals surface area contributed by atoms with Crippen LogP contribution in [0.3, 0.4) is 0 Å². The van der Waals surface area contributed by atoms with Crippen molar-refractivity contribution in [3.63, 3.8) is 0 Å². The van der Waals surface area contributed by atoms with E-state index in [1.165, 1.54) is 4.31 Å². The lowest BCUT2D eigenvalue weighted by molar-refractivity contribution is -0.116. The van der Waals surface area contributed by atoms with Crippen LogP contribution in [0.2, 0.25) is 5.02 Å². The summed E-state index contributed by atoms with van der Waals surface area (Å²) in [6, 6.07) is 8.76. The van der Waals surface area contributed by atoms with Crippen molar-refractivity contribution in [2.75, 3.05) is 18.1 Å². The number of aromatic nitrogens is 1. The Morgan fingerprint density at radius 1 is 1.32 bits per heavy atom. The van der Waals surface area contributed by atoms with Gasteiger partial charge in [0.2, 0.25) is 15.9 Å². The van der Waals surface area contributed by atoms with E-state index in [0.29, 0.717) is 10.7 Å². The molecular weight excluding hydrogens is 362 g/mol. The molecule has 0 unspecified atom stereocenters. The van der Waals surface area contributed by atoms with Crippen LogP contribution >= 0.6 is 11.6 Å². The van der Waals surface area contributed by atoms with E-state index in [2.05, 4.69) is 10.3 Å². The van der Waals surface area contributed by atoms with Gasteiger partial charge in [0.05, 0.1) is 6.26 Å². The first-order chi connectivity index (χ1) is 11.8. The van der Waals surface area contributed by atoms with Crippen LogP contribution in [0.5, 0.6) is 0 Å². The monoisotopic (exact) mass is 381 g/mol. The lowest BCUT2D eigenvalue weighted by Gasteiger charge is -2.19. The van der Waals surface area contributed by atoms with E-state index in [4.69, 9.17) is 11.6 Å². The predicted molar refractivity (Wildman–Crippen MR) is 98.9 cm³/mol. The van der Waals surface area contributed by atoms with E-state index in [1.807, 2.05) is 13.0 Å². The van der Waals surface area contributed by atoms with Gasteiger partial charge in [-0.05, 0) is 36.2 Å². The minimum Gasteiger partial charge on any atom is -0.326 e. The number of aryl methyl sites for hydroxylation is 1. The Bertz CT molecular complexity index is 841. The number of nitrogens with zero attached hydrogens (tertiary/aromatic N) is 2. The number of carbonyl (C=O) groups is 1. The second kappa shape index (κ2) is 8.42. The third-order valence-corrected chi connectivity index (χ3v) is 5.25. The van der Waals surface area contributed by atoms with Crippen LogP contribution in [0.1, 0.15) is 17.5 Å². The number of anilines is 1. The van der Waals surface area contributed by atoms with E-state index in [9.17, 15) is 13.2 Å². The maximum absolute atomic E-state index is 12.1. The van der Waals surface area contributed by atoms with Gasteiger partial charge in [0, 0.05) is 42.6 Å². The predicted octanol–water partition coefficient (Wildman–Crippen LogP) is 2.83. The van der Waals surface area contributed by atoms with Crippen LogP contribution in [-0.2, 0) is 21.4 Å². The van der Waals surface area contributed by atoms with Gasteiger partial charge >= 0.3 is 0 Å². The van der Waals surface area contributed by atoms with E-state index >= 15 is 0 Å². The zero-order valence-electron chi connectivity index (χ0n) is 14.1. The average molecular weight is 382 g/mol. The molecule has 0 bridgehead atoms. The number of hydrogen-bond donors (Lipinski definition) is 1. The number of benzene rings is 1. The van der Waals surface area contributed by atoms with Gasteiger partial charge in [-0.25, -0.2) is 8.42 Å². The first kappa shape index (κ1) is 19.4. The fraction of sp³-hybridized carbons (Fsp3) is 0.294. The van der Waals surface area contributed by atoms with E-state index < -0.39 is 10.0 Å². The summed E-state index contributed by atoms with van der Waals surface area (Å²) in [6.45, 7) is 2.13. The van der Waals surface area contributed by atoms with Crippen molar-refractivity contribution in [1.29, 1.82) is 0 Å². The van der Waals surface area contributed by atoms with Crippen LogP contribution in [0.25, 0.3) is 0 Å². The lowest BCUT2D eigenvalue weighted by atomic mass is 10.2. The van der Waals surface area contributed by atoms with Crippen molar-refractivity contribution in [1.82, 2.24) is 9.29 Å². The van der Waals surface area contributed by atoms with Crippen molar-refractivity contribution in [2.45, 2.75) is 19.9 Å². The summed E-state index contributed by atoms with van der Waals surface area (Å²) in [5.41, 5.74) is 2.26. The van der Waals surface area contributed by atoms with E-state index in [-0.39, 0.29) is 25.4 Å². The number of carbonyl (C=O) groups excluding carboxylic acids is 1. The molecule has 1 aromatic carbocycles. The highest BCUT2D eigenvalue weighted by atomic mass is 35.5. The summed E-state index contributed by atoms with van der Waals surface area (Å²) in [5.74, 6) is -0.278. The molecule has 6 nitrogen and oxygen atoms in total. The topological polar surface area (TPSA) is 79.4 Å². The molecule has 0 spiro atoms. The Morgan fingerprint density at radius 2 is 2.08 bits per heavy atom. The van der Waals surface area contributed by atoms with Crippen LogP contribution in [0, 0.1) is 6.92 Å². The highest BCUT2D eigenvalue weighted by Gasteiger charge is 2.18. The zero-order chi connectivity index (χ0) is 18.4. The third kappa shape index (κ3) is 6.12. The highest BCUT2D eigenvalue weighted by Crippen LogP contribution is 2.20. The first-order valence-electron chi connectivity index (χ1n) is 7.66. The van der Waals surface area contributed by atoms with Crippen molar-refractivity contribution in [3.8, 4) is 0 Å². The van der Waals surface area contributed by atoms with Crippen molar-refractivity contribution >= 4 is 33.2 Å². The molecule has 1 N–H and O–H groups in total. The van der Waals surface area contributed by atoms with Gasteiger partial charge in [-0.1, -0.05) is 23.7 Å². The zero-order valence-corrected chi connectivity index (χ0v) is 15.6. The number of rotatable bonds is 7. The number of amides is 1. The van der Waals surface area contributed by atoms with E-state index in [1.54, 1.807) is 36.7 Å².